The summed E-state index contributed by atoms with van der Waals surface area (Å²) in [6.07, 6.45) is 0. The van der Waals surface area contributed by atoms with Crippen molar-refractivity contribution < 1.29 is 14.4 Å². The van der Waals surface area contributed by atoms with Crippen molar-refractivity contribution in [2.45, 2.75) is 6.54 Å². The van der Waals surface area contributed by atoms with Crippen LogP contribution in [0.5, 0.6) is 0 Å². The number of urea groups is 1. The van der Waals surface area contributed by atoms with Crippen LogP contribution in [0.2, 0.25) is 0 Å². The van der Waals surface area contributed by atoms with Crippen LogP contribution in [0.3, 0.4) is 0 Å². The van der Waals surface area contributed by atoms with Gasteiger partial charge in [0.05, 0.1) is 13.1 Å². The summed E-state index contributed by atoms with van der Waals surface area (Å²) < 4.78 is 0. The van der Waals surface area contributed by atoms with Crippen molar-refractivity contribution in [2.24, 2.45) is 0 Å². The first-order valence-electron chi connectivity index (χ1n) is 9.78. The molecule has 4 rings (SSSR count). The average Bonchev–Trinajstić information content (AvgIpc) is 3.42. The van der Waals surface area contributed by atoms with Crippen molar-refractivity contribution in [3.63, 3.8) is 0 Å². The Hall–Kier alpha value is -3.17. The van der Waals surface area contributed by atoms with Crippen LogP contribution in [0.15, 0.2) is 47.8 Å². The molecule has 1 saturated heterocycles. The number of rotatable bonds is 5. The number of H-pyrrole nitrogens is 1. The molecule has 8 nitrogen and oxygen atoms in total. The number of hydrogen-bond acceptors (Lipinski definition) is 5. The Kier molecular flexibility index (Phi) is 6.10. The molecule has 1 aromatic carbocycles. The minimum atomic E-state index is -0.499. The van der Waals surface area contributed by atoms with Crippen LogP contribution in [0.25, 0.3) is 10.9 Å². The maximum absolute atomic E-state index is 12.8. The van der Waals surface area contributed by atoms with E-state index < -0.39 is 6.03 Å². The molecular formula is C21H23N5O3S. The third kappa shape index (κ3) is 4.87. The van der Waals surface area contributed by atoms with Crippen molar-refractivity contribution in [3.05, 3.63) is 58.4 Å². The molecule has 0 spiro atoms. The Labute approximate surface area is 177 Å². The van der Waals surface area contributed by atoms with Gasteiger partial charge in [0.25, 0.3) is 5.91 Å². The second-order valence-corrected chi connectivity index (χ2v) is 8.18. The monoisotopic (exact) mass is 425 g/mol. The highest BCUT2D eigenvalue weighted by molar-refractivity contribution is 7.09. The van der Waals surface area contributed by atoms with Crippen molar-refractivity contribution >= 4 is 40.1 Å². The summed E-state index contributed by atoms with van der Waals surface area (Å²) >= 11 is 1.54. The molecule has 4 amide bonds. The first kappa shape index (κ1) is 20.1. The maximum Gasteiger partial charge on any atom is 0.321 e. The van der Waals surface area contributed by atoms with Gasteiger partial charge < -0.3 is 15.2 Å². The summed E-state index contributed by atoms with van der Waals surface area (Å²) in [5.41, 5.74) is 1.51. The predicted octanol–water partition coefficient (Wildman–Crippen LogP) is 2.01. The molecule has 0 atom stereocenters. The summed E-state index contributed by atoms with van der Waals surface area (Å²) in [4.78, 5) is 44.6. The van der Waals surface area contributed by atoms with Gasteiger partial charge >= 0.3 is 6.03 Å². The number of carbonyl (C=O) groups is 3. The van der Waals surface area contributed by atoms with Gasteiger partial charge in [0.2, 0.25) is 5.91 Å². The van der Waals surface area contributed by atoms with Crippen molar-refractivity contribution in [1.82, 2.24) is 25.4 Å². The van der Waals surface area contributed by atoms with E-state index in [1.165, 1.54) is 0 Å². The van der Waals surface area contributed by atoms with E-state index in [0.29, 0.717) is 38.4 Å². The van der Waals surface area contributed by atoms with E-state index in [-0.39, 0.29) is 18.4 Å². The molecule has 3 N–H and O–H groups in total. The van der Waals surface area contributed by atoms with Crippen molar-refractivity contribution in [1.29, 1.82) is 0 Å². The Morgan fingerprint density at radius 1 is 1.03 bits per heavy atom. The second-order valence-electron chi connectivity index (χ2n) is 7.15. The SMILES string of the molecule is O=C(CN1CCN(C(=O)c2cc3ccccc3[nH]2)CC1)NC(=O)NCc1cccs1. The van der Waals surface area contributed by atoms with E-state index in [9.17, 15) is 14.4 Å². The number of imide groups is 1. The molecule has 0 bridgehead atoms. The number of fused-ring (bicyclic) bond motifs is 1. The number of aromatic amines is 1. The molecule has 3 heterocycles. The van der Waals surface area contributed by atoms with E-state index >= 15 is 0 Å². The number of piperazine rings is 1. The normalized spacial score (nSPS) is 14.6. The number of nitrogens with one attached hydrogen (secondary N) is 3. The number of aromatic nitrogens is 1. The highest BCUT2D eigenvalue weighted by Gasteiger charge is 2.24. The summed E-state index contributed by atoms with van der Waals surface area (Å²) in [5.74, 6) is -0.391. The fourth-order valence-corrected chi connectivity index (χ4v) is 4.11. The first-order valence-corrected chi connectivity index (χ1v) is 10.7. The van der Waals surface area contributed by atoms with Crippen LogP contribution in [0.1, 0.15) is 15.4 Å². The first-order chi connectivity index (χ1) is 14.6. The van der Waals surface area contributed by atoms with Gasteiger partial charge in [-0.2, -0.15) is 0 Å². The average molecular weight is 426 g/mol. The standard InChI is InChI=1S/C21H23N5O3S/c27-19(24-21(29)22-13-16-5-3-11-30-16)14-25-7-9-26(10-8-25)20(28)18-12-15-4-1-2-6-17(15)23-18/h1-6,11-12,23H,7-10,13-14H2,(H2,22,24,27,29). The van der Waals surface area contributed by atoms with Crippen LogP contribution >= 0.6 is 11.3 Å². The number of hydrogen-bond donors (Lipinski definition) is 3. The molecule has 0 unspecified atom stereocenters. The maximum atomic E-state index is 12.8. The van der Waals surface area contributed by atoms with Gasteiger partial charge in [-0.25, -0.2) is 4.79 Å². The zero-order valence-electron chi connectivity index (χ0n) is 16.4. The number of benzene rings is 1. The number of nitrogens with zero attached hydrogens (tertiary/aromatic N) is 2. The third-order valence-electron chi connectivity index (χ3n) is 5.04. The van der Waals surface area contributed by atoms with Crippen LogP contribution in [0, 0.1) is 0 Å². The Morgan fingerprint density at radius 3 is 2.57 bits per heavy atom. The lowest BCUT2D eigenvalue weighted by Gasteiger charge is -2.34. The number of para-hydroxylation sites is 1. The third-order valence-corrected chi connectivity index (χ3v) is 5.92. The molecule has 30 heavy (non-hydrogen) atoms. The minimum Gasteiger partial charge on any atom is -0.351 e. The minimum absolute atomic E-state index is 0.0387. The predicted molar refractivity (Wildman–Crippen MR) is 115 cm³/mol. The Balaban J connectivity index is 1.21. The zero-order valence-corrected chi connectivity index (χ0v) is 17.2. The molecule has 0 saturated carbocycles. The van der Waals surface area contributed by atoms with Gasteiger partial charge in [-0.3, -0.25) is 19.8 Å². The number of amides is 4. The van der Waals surface area contributed by atoms with E-state index in [1.54, 1.807) is 16.2 Å². The fraction of sp³-hybridized carbons (Fsp3) is 0.286. The molecule has 1 aliphatic rings. The molecule has 0 aliphatic carbocycles. The molecule has 1 fully saturated rings. The number of thiophene rings is 1. The Bertz CT molecular complexity index is 1010. The van der Waals surface area contributed by atoms with Gasteiger partial charge in [0, 0.05) is 42.0 Å². The van der Waals surface area contributed by atoms with Gasteiger partial charge in [-0.05, 0) is 23.6 Å². The molecule has 9 heteroatoms. The highest BCUT2D eigenvalue weighted by Crippen LogP contribution is 2.16. The second kappa shape index (κ2) is 9.10. The zero-order chi connectivity index (χ0) is 20.9. The highest BCUT2D eigenvalue weighted by atomic mass is 32.1. The van der Waals surface area contributed by atoms with E-state index in [2.05, 4.69) is 15.6 Å². The van der Waals surface area contributed by atoms with E-state index in [4.69, 9.17) is 0 Å². The molecular weight excluding hydrogens is 402 g/mol. The Morgan fingerprint density at radius 2 is 1.83 bits per heavy atom. The summed E-state index contributed by atoms with van der Waals surface area (Å²) in [7, 11) is 0. The molecule has 1 aliphatic heterocycles. The van der Waals surface area contributed by atoms with Gasteiger partial charge in [-0.1, -0.05) is 24.3 Å². The van der Waals surface area contributed by atoms with Crippen LogP contribution in [0.4, 0.5) is 4.79 Å². The number of carbonyl (C=O) groups excluding carboxylic acids is 3. The lowest BCUT2D eigenvalue weighted by molar-refractivity contribution is -0.121. The fourth-order valence-electron chi connectivity index (χ4n) is 3.46. The summed E-state index contributed by atoms with van der Waals surface area (Å²) in [6.45, 7) is 2.75. The van der Waals surface area contributed by atoms with Crippen LogP contribution in [-0.2, 0) is 11.3 Å². The largest absolute Gasteiger partial charge is 0.351 e. The topological polar surface area (TPSA) is 97.5 Å². The van der Waals surface area contributed by atoms with Gasteiger partial charge in [0.1, 0.15) is 5.69 Å². The molecule has 3 aromatic rings. The van der Waals surface area contributed by atoms with Crippen molar-refractivity contribution in [3.8, 4) is 0 Å². The van der Waals surface area contributed by atoms with E-state index in [0.717, 1.165) is 15.8 Å². The summed E-state index contributed by atoms with van der Waals surface area (Å²) in [5, 5.41) is 7.96. The van der Waals surface area contributed by atoms with E-state index in [1.807, 2.05) is 52.7 Å². The molecule has 156 valence electrons. The van der Waals surface area contributed by atoms with Crippen molar-refractivity contribution in [2.75, 3.05) is 32.7 Å². The molecule has 0 radical (unpaired) electrons. The van der Waals surface area contributed by atoms with Crippen LogP contribution < -0.4 is 10.6 Å². The quantitative estimate of drug-likeness (QED) is 0.583. The lowest BCUT2D eigenvalue weighted by Crippen LogP contribution is -2.52. The van der Waals surface area contributed by atoms with Gasteiger partial charge in [-0.15, -0.1) is 11.3 Å². The molecule has 2 aromatic heterocycles. The summed E-state index contributed by atoms with van der Waals surface area (Å²) in [6, 6.07) is 13.0. The lowest BCUT2D eigenvalue weighted by atomic mass is 10.2. The van der Waals surface area contributed by atoms with Gasteiger partial charge in [0.15, 0.2) is 0 Å². The smallest absolute Gasteiger partial charge is 0.321 e. The van der Waals surface area contributed by atoms with Crippen LogP contribution in [-0.4, -0.2) is 65.4 Å².